The molecule has 38 heavy (non-hydrogen) atoms. The third-order valence-corrected chi connectivity index (χ3v) is 6.16. The van der Waals surface area contributed by atoms with Crippen LogP contribution in [0.4, 0.5) is 0 Å². The van der Waals surface area contributed by atoms with Crippen LogP contribution in [0.1, 0.15) is 58.9 Å². The number of amides is 2. The zero-order chi connectivity index (χ0) is 28.1. The maximum Gasteiger partial charge on any atom is 0.328 e. The smallest absolute Gasteiger partial charge is 0.328 e. The van der Waals surface area contributed by atoms with Gasteiger partial charge in [0.1, 0.15) is 6.04 Å². The van der Waals surface area contributed by atoms with Crippen LogP contribution in [0.5, 0.6) is 0 Å². The second-order valence-corrected chi connectivity index (χ2v) is 10.0. The van der Waals surface area contributed by atoms with Crippen molar-refractivity contribution in [3.8, 4) is 11.1 Å². The highest BCUT2D eigenvalue weighted by Gasteiger charge is 2.24. The number of rotatable bonds is 15. The van der Waals surface area contributed by atoms with Gasteiger partial charge < -0.3 is 20.5 Å². The van der Waals surface area contributed by atoms with Crippen LogP contribution in [0.15, 0.2) is 54.6 Å². The van der Waals surface area contributed by atoms with Gasteiger partial charge >= 0.3 is 11.9 Å². The first kappa shape index (κ1) is 30.5. The molecular weight excluding hydrogens is 484 g/mol. The Labute approximate surface area is 225 Å². The van der Waals surface area contributed by atoms with Gasteiger partial charge in [0.05, 0.1) is 12.5 Å². The molecule has 0 saturated carbocycles. The fourth-order valence-corrected chi connectivity index (χ4v) is 4.19. The minimum Gasteiger partial charge on any atom is -0.481 e. The van der Waals surface area contributed by atoms with Gasteiger partial charge in [-0.25, -0.2) is 4.79 Å². The third kappa shape index (κ3) is 10.7. The topological polar surface area (TPSA) is 122 Å². The molecule has 2 amide bonds. The first-order valence-corrected chi connectivity index (χ1v) is 13.2. The highest BCUT2D eigenvalue weighted by Crippen LogP contribution is 2.21. The molecule has 2 aromatic rings. The van der Waals surface area contributed by atoms with Crippen molar-refractivity contribution in [3.63, 3.8) is 0 Å². The Morgan fingerprint density at radius 3 is 1.95 bits per heavy atom. The van der Waals surface area contributed by atoms with Crippen LogP contribution < -0.4 is 10.6 Å². The fourth-order valence-electron chi connectivity index (χ4n) is 4.19. The number of ether oxygens (including phenoxy) is 1. The zero-order valence-corrected chi connectivity index (χ0v) is 22.7. The highest BCUT2D eigenvalue weighted by molar-refractivity contribution is 5.87. The predicted molar refractivity (Wildman–Crippen MR) is 146 cm³/mol. The Kier molecular flexibility index (Phi) is 12.5. The summed E-state index contributed by atoms with van der Waals surface area (Å²) in [7, 11) is 0. The van der Waals surface area contributed by atoms with Crippen LogP contribution in [-0.4, -0.2) is 47.6 Å². The normalized spacial score (nSPS) is 13.3. The maximum atomic E-state index is 12.7. The van der Waals surface area contributed by atoms with E-state index in [1.807, 2.05) is 68.4 Å². The third-order valence-electron chi connectivity index (χ3n) is 6.16. The summed E-state index contributed by atoms with van der Waals surface area (Å²) in [6.07, 6.45) is 0.993. The van der Waals surface area contributed by atoms with Crippen LogP contribution in [0.25, 0.3) is 11.1 Å². The highest BCUT2D eigenvalue weighted by atomic mass is 16.5. The van der Waals surface area contributed by atoms with E-state index in [-0.39, 0.29) is 37.7 Å². The maximum absolute atomic E-state index is 12.7. The molecule has 2 aromatic carbocycles. The van der Waals surface area contributed by atoms with Crippen molar-refractivity contribution in [1.29, 1.82) is 0 Å². The molecule has 3 N–H and O–H groups in total. The summed E-state index contributed by atoms with van der Waals surface area (Å²) in [4.78, 5) is 48.8. The molecule has 8 nitrogen and oxygen atoms in total. The number of carbonyl (C=O) groups excluding carboxylic acids is 3. The van der Waals surface area contributed by atoms with E-state index in [9.17, 15) is 24.3 Å². The molecule has 2 rings (SSSR count). The van der Waals surface area contributed by atoms with Gasteiger partial charge in [-0.15, -0.1) is 0 Å². The summed E-state index contributed by atoms with van der Waals surface area (Å²) in [5.41, 5.74) is 3.13. The molecule has 3 unspecified atom stereocenters. The number of carboxylic acid groups (broad SMARTS) is 1. The molecule has 0 spiro atoms. The summed E-state index contributed by atoms with van der Waals surface area (Å²) >= 11 is 0. The molecule has 0 aromatic heterocycles. The van der Waals surface area contributed by atoms with Crippen molar-refractivity contribution in [3.05, 3.63) is 60.2 Å². The van der Waals surface area contributed by atoms with E-state index in [0.717, 1.165) is 16.7 Å². The molecule has 0 aliphatic heterocycles. The lowest BCUT2D eigenvalue weighted by Gasteiger charge is -2.22. The molecule has 0 radical (unpaired) electrons. The second-order valence-electron chi connectivity index (χ2n) is 10.0. The van der Waals surface area contributed by atoms with E-state index in [1.54, 1.807) is 13.8 Å². The first-order valence-electron chi connectivity index (χ1n) is 13.2. The minimum absolute atomic E-state index is 0.0754. The predicted octanol–water partition coefficient (Wildman–Crippen LogP) is 4.37. The summed E-state index contributed by atoms with van der Waals surface area (Å²) < 4.78 is 5.05. The van der Waals surface area contributed by atoms with E-state index in [1.165, 1.54) is 0 Å². The van der Waals surface area contributed by atoms with E-state index in [0.29, 0.717) is 12.8 Å². The fraction of sp³-hybridized carbons (Fsp3) is 0.467. The Hall–Kier alpha value is -3.68. The lowest BCUT2D eigenvalue weighted by atomic mass is 9.94. The van der Waals surface area contributed by atoms with Gasteiger partial charge in [0.15, 0.2) is 0 Å². The number of hydrogen-bond acceptors (Lipinski definition) is 5. The number of benzene rings is 2. The molecule has 0 bridgehead atoms. The number of carboxylic acids is 1. The van der Waals surface area contributed by atoms with E-state index in [2.05, 4.69) is 10.6 Å². The lowest BCUT2D eigenvalue weighted by molar-refractivity contribution is -0.148. The van der Waals surface area contributed by atoms with Crippen molar-refractivity contribution < 1.29 is 29.0 Å². The Bertz CT molecular complexity index is 1050. The van der Waals surface area contributed by atoms with E-state index in [4.69, 9.17) is 4.74 Å². The molecule has 8 heteroatoms. The van der Waals surface area contributed by atoms with Crippen molar-refractivity contribution in [2.45, 2.75) is 71.9 Å². The monoisotopic (exact) mass is 524 g/mol. The minimum atomic E-state index is -0.932. The van der Waals surface area contributed by atoms with Crippen molar-refractivity contribution in [2.24, 2.45) is 11.8 Å². The van der Waals surface area contributed by atoms with Crippen LogP contribution in [0.3, 0.4) is 0 Å². The van der Waals surface area contributed by atoms with Gasteiger partial charge in [-0.05, 0) is 48.8 Å². The largest absolute Gasteiger partial charge is 0.481 e. The van der Waals surface area contributed by atoms with Gasteiger partial charge in [-0.1, -0.05) is 75.4 Å². The van der Waals surface area contributed by atoms with Gasteiger partial charge in [0.25, 0.3) is 0 Å². The lowest BCUT2D eigenvalue weighted by Crippen LogP contribution is -2.43. The SMILES string of the molecule is CCOC(=O)C(CC(C)C)NC(=O)CCC(=O)NC(Cc1ccc(-c2ccccc2)cc1)CC(C)C(=O)O. The quantitative estimate of drug-likeness (QED) is 0.298. The Morgan fingerprint density at radius 2 is 1.39 bits per heavy atom. The van der Waals surface area contributed by atoms with Crippen molar-refractivity contribution >= 4 is 23.8 Å². The van der Waals surface area contributed by atoms with Crippen LogP contribution in [0.2, 0.25) is 0 Å². The summed E-state index contributed by atoms with van der Waals surface area (Å²) in [5.74, 6) is -2.65. The van der Waals surface area contributed by atoms with Gasteiger partial charge in [-0.3, -0.25) is 14.4 Å². The average Bonchev–Trinajstić information content (AvgIpc) is 2.87. The molecular formula is C30H40N2O6. The summed E-state index contributed by atoms with van der Waals surface area (Å²) in [6, 6.07) is 16.8. The van der Waals surface area contributed by atoms with Crippen molar-refractivity contribution in [2.75, 3.05) is 6.61 Å². The Morgan fingerprint density at radius 1 is 0.816 bits per heavy atom. The standard InChI is InChI=1S/C30H40N2O6/c1-5-38-30(37)26(17-20(2)3)32-28(34)16-15-27(33)31-25(18-21(4)29(35)36)19-22-11-13-24(14-12-22)23-9-7-6-8-10-23/h6-14,20-21,25-26H,5,15-19H2,1-4H3,(H,31,33)(H,32,34)(H,35,36). The Balaban J connectivity index is 1.98. The first-order chi connectivity index (χ1) is 18.1. The summed E-state index contributed by atoms with van der Waals surface area (Å²) in [5, 5.41) is 15.0. The number of esters is 1. The summed E-state index contributed by atoms with van der Waals surface area (Å²) in [6.45, 7) is 7.42. The zero-order valence-electron chi connectivity index (χ0n) is 22.7. The van der Waals surface area contributed by atoms with Crippen LogP contribution >= 0.6 is 0 Å². The molecule has 0 fully saturated rings. The van der Waals surface area contributed by atoms with Crippen LogP contribution in [0, 0.1) is 11.8 Å². The molecule has 3 atom stereocenters. The van der Waals surface area contributed by atoms with Gasteiger partial charge in [0, 0.05) is 18.9 Å². The van der Waals surface area contributed by atoms with E-state index >= 15 is 0 Å². The number of nitrogens with one attached hydrogen (secondary N) is 2. The number of hydrogen-bond donors (Lipinski definition) is 3. The number of aliphatic carboxylic acids is 1. The molecule has 206 valence electrons. The molecule has 0 saturated heterocycles. The van der Waals surface area contributed by atoms with Crippen molar-refractivity contribution in [1.82, 2.24) is 10.6 Å². The molecule has 0 heterocycles. The molecule has 0 aliphatic carbocycles. The van der Waals surface area contributed by atoms with Gasteiger partial charge in [0.2, 0.25) is 11.8 Å². The number of carbonyl (C=O) groups is 4. The van der Waals surface area contributed by atoms with Gasteiger partial charge in [-0.2, -0.15) is 0 Å². The second kappa shape index (κ2) is 15.5. The molecule has 0 aliphatic rings. The average molecular weight is 525 g/mol. The van der Waals surface area contributed by atoms with E-state index < -0.39 is 35.8 Å². The van der Waals surface area contributed by atoms with Crippen LogP contribution in [-0.2, 0) is 30.3 Å².